The molecule has 0 saturated heterocycles. The summed E-state index contributed by atoms with van der Waals surface area (Å²) < 4.78 is 66.2. The van der Waals surface area contributed by atoms with Crippen LogP contribution in [-0.4, -0.2) is 92.9 Å². The molecule has 14 nitrogen and oxygen atoms in total. The molecule has 0 fully saturated rings. The fraction of sp³-hybridized carbons (Fsp3) is 0.526. The van der Waals surface area contributed by atoms with Gasteiger partial charge in [-0.2, -0.15) is 14.5 Å². The molecule has 2 N–H and O–H groups in total. The molecule has 2 aromatic carbocycles. The number of rotatable bonds is 15. The zero-order valence-corrected chi connectivity index (χ0v) is 35.6. The first kappa shape index (κ1) is 44.6. The van der Waals surface area contributed by atoms with Crippen LogP contribution in [0.5, 0.6) is 11.5 Å². The van der Waals surface area contributed by atoms with Crippen molar-refractivity contribution in [2.75, 3.05) is 42.4 Å². The fourth-order valence-electron chi connectivity index (χ4n) is 5.43. The number of hydrogen-bond acceptors (Lipinski definition) is 10. The number of nitrogens with zero attached hydrogens (tertiary/aromatic N) is 7. The molecule has 0 spiro atoms. The van der Waals surface area contributed by atoms with Crippen LogP contribution in [0.4, 0.5) is 0 Å². The number of ether oxygens (including phenoxy) is 2. The Labute approximate surface area is 322 Å². The average molecular weight is 789 g/mol. The minimum Gasteiger partial charge on any atom is -0.497 e. The lowest BCUT2D eigenvalue weighted by Gasteiger charge is -2.22. The Bertz CT molecular complexity index is 1960. The van der Waals surface area contributed by atoms with Gasteiger partial charge in [0.25, 0.3) is 20.0 Å². The Morgan fingerprint density at radius 2 is 0.963 bits per heavy atom. The fourth-order valence-corrected chi connectivity index (χ4v) is 7.33. The van der Waals surface area contributed by atoms with Gasteiger partial charge in [-0.05, 0) is 74.4 Å². The van der Waals surface area contributed by atoms with Crippen LogP contribution < -0.4 is 14.6 Å². The number of primary sulfonamides is 1. The van der Waals surface area contributed by atoms with Crippen molar-refractivity contribution in [1.82, 2.24) is 33.7 Å². The van der Waals surface area contributed by atoms with Crippen molar-refractivity contribution in [3.8, 4) is 11.5 Å². The minimum absolute atomic E-state index is 0.0166. The van der Waals surface area contributed by atoms with Crippen molar-refractivity contribution in [2.45, 2.75) is 90.9 Å². The highest BCUT2D eigenvalue weighted by molar-refractivity contribution is 7.89. The molecule has 300 valence electrons. The number of methoxy groups -OCH3 is 2. The molecule has 0 aliphatic carbocycles. The summed E-state index contributed by atoms with van der Waals surface area (Å²) in [7, 11) is 3.33. The molecule has 16 heteroatoms. The molecule has 0 aliphatic rings. The molecule has 54 heavy (non-hydrogen) atoms. The highest BCUT2D eigenvalue weighted by Crippen LogP contribution is 2.26. The summed E-state index contributed by atoms with van der Waals surface area (Å²) in [6.07, 6.45) is 0. The van der Waals surface area contributed by atoms with Crippen LogP contribution in [0.15, 0.2) is 70.7 Å². The van der Waals surface area contributed by atoms with Gasteiger partial charge in [-0.15, -0.1) is 0 Å². The van der Waals surface area contributed by atoms with E-state index in [1.54, 1.807) is 31.0 Å². The summed E-state index contributed by atoms with van der Waals surface area (Å²) in [5, 5.41) is 13.8. The topological polar surface area (TPSA) is 158 Å². The van der Waals surface area contributed by atoms with Crippen LogP contribution in [-0.2, 0) is 59.3 Å². The zero-order chi connectivity index (χ0) is 40.6. The third-order valence-corrected chi connectivity index (χ3v) is 10.3. The summed E-state index contributed by atoms with van der Waals surface area (Å²) in [5.41, 5.74) is 3.38. The van der Waals surface area contributed by atoms with Crippen LogP contribution in [0.2, 0.25) is 0 Å². The highest BCUT2D eigenvalue weighted by atomic mass is 32.2. The van der Waals surface area contributed by atoms with E-state index in [1.165, 1.54) is 4.31 Å². The SMILES string of the molecule is CN(C)Cc1cc(S(N)(=O)=O)nn1CC(C)(C)C.COc1ccc(CN(Cc2ccc(OC)cc2)S(=O)(=O)c2cc(CN(C)C)n(CC(C)(C)C)n2)cc1. The molecule has 0 amide bonds. The van der Waals surface area contributed by atoms with Crippen molar-refractivity contribution >= 4 is 20.0 Å². The molecule has 0 unspecified atom stereocenters. The summed E-state index contributed by atoms with van der Waals surface area (Å²) in [6, 6.07) is 18.1. The van der Waals surface area contributed by atoms with Crippen molar-refractivity contribution in [1.29, 1.82) is 0 Å². The number of sulfonamides is 2. The van der Waals surface area contributed by atoms with Gasteiger partial charge in [-0.1, -0.05) is 65.8 Å². The van der Waals surface area contributed by atoms with Crippen molar-refractivity contribution in [3.05, 3.63) is 83.2 Å². The maximum Gasteiger partial charge on any atom is 0.263 e. The Balaban J connectivity index is 0.000000366. The predicted octanol–water partition coefficient (Wildman–Crippen LogP) is 5.04. The first-order chi connectivity index (χ1) is 24.9. The van der Waals surface area contributed by atoms with Crippen LogP contribution in [0, 0.1) is 10.8 Å². The first-order valence-electron chi connectivity index (χ1n) is 17.6. The van der Waals surface area contributed by atoms with Gasteiger partial charge in [0, 0.05) is 51.4 Å². The third kappa shape index (κ3) is 13.8. The molecule has 4 rings (SSSR count). The third-order valence-electron chi connectivity index (χ3n) is 7.82. The lowest BCUT2D eigenvalue weighted by molar-refractivity contribution is 0.302. The lowest BCUT2D eigenvalue weighted by atomic mass is 9.97. The van der Waals surface area contributed by atoms with Crippen LogP contribution in [0.1, 0.15) is 64.1 Å². The average Bonchev–Trinajstić information content (AvgIpc) is 3.63. The van der Waals surface area contributed by atoms with E-state index in [4.69, 9.17) is 14.6 Å². The van der Waals surface area contributed by atoms with Gasteiger partial charge in [0.15, 0.2) is 10.1 Å². The van der Waals surface area contributed by atoms with Crippen molar-refractivity contribution in [2.24, 2.45) is 16.0 Å². The van der Waals surface area contributed by atoms with Gasteiger partial charge in [-0.3, -0.25) is 9.36 Å². The largest absolute Gasteiger partial charge is 0.497 e. The Morgan fingerprint density at radius 1 is 0.611 bits per heavy atom. The standard InChI is InChI=1S/C27H38N4O4S.C11H22N4O2S/c1-27(2,3)20-31-23(19-29(4)5)16-26(28-31)36(32,33)30(17-21-8-12-24(34-6)13-9-21)18-22-10-14-25(35-7)15-11-22;1-11(2,3)8-15-9(7-14(4)5)6-10(13-15)18(12,16)17/h8-16H,17-20H2,1-7H3;6H,7-8H2,1-5H3,(H2,12,16,17). The summed E-state index contributed by atoms with van der Waals surface area (Å²) in [4.78, 5) is 3.97. The Hall–Kier alpha value is -3.80. The Morgan fingerprint density at radius 3 is 1.28 bits per heavy atom. The smallest absolute Gasteiger partial charge is 0.263 e. The van der Waals surface area contributed by atoms with E-state index in [9.17, 15) is 16.8 Å². The van der Waals surface area contributed by atoms with E-state index in [2.05, 4.69) is 51.7 Å². The number of aromatic nitrogens is 4. The molecule has 0 atom stereocenters. The molecule has 4 aromatic rings. The monoisotopic (exact) mass is 788 g/mol. The molecule has 0 saturated carbocycles. The van der Waals surface area contributed by atoms with Gasteiger partial charge in [0.05, 0.1) is 25.6 Å². The van der Waals surface area contributed by atoms with Gasteiger partial charge >= 0.3 is 0 Å². The van der Waals surface area contributed by atoms with Crippen LogP contribution in [0.3, 0.4) is 0 Å². The van der Waals surface area contributed by atoms with E-state index in [1.807, 2.05) is 91.2 Å². The van der Waals surface area contributed by atoms with E-state index < -0.39 is 20.0 Å². The molecule has 0 aliphatic heterocycles. The van der Waals surface area contributed by atoms with E-state index >= 15 is 0 Å². The number of benzene rings is 2. The van der Waals surface area contributed by atoms with E-state index in [0.717, 1.165) is 34.0 Å². The second kappa shape index (κ2) is 18.2. The summed E-state index contributed by atoms with van der Waals surface area (Å²) in [6.45, 7) is 15.4. The minimum atomic E-state index is -3.90. The molecular weight excluding hydrogens is 729 g/mol. The lowest BCUT2D eigenvalue weighted by Crippen LogP contribution is -2.31. The molecule has 0 radical (unpaired) electrons. The zero-order valence-electron chi connectivity index (χ0n) is 34.0. The number of hydrogen-bond donors (Lipinski definition) is 1. The van der Waals surface area contributed by atoms with Crippen molar-refractivity contribution in [3.63, 3.8) is 0 Å². The maximum atomic E-state index is 14.0. The normalized spacial score (nSPS) is 12.7. The molecule has 2 heterocycles. The predicted molar refractivity (Wildman–Crippen MR) is 212 cm³/mol. The number of nitrogens with two attached hydrogens (primary N) is 1. The molecule has 0 bridgehead atoms. The second-order valence-corrected chi connectivity index (χ2v) is 19.8. The van der Waals surface area contributed by atoms with Gasteiger partial charge in [0.1, 0.15) is 11.5 Å². The summed E-state index contributed by atoms with van der Waals surface area (Å²) in [5.74, 6) is 1.44. The van der Waals surface area contributed by atoms with E-state index in [-0.39, 0.29) is 34.0 Å². The summed E-state index contributed by atoms with van der Waals surface area (Å²) >= 11 is 0. The van der Waals surface area contributed by atoms with Crippen LogP contribution >= 0.6 is 0 Å². The molecular formula is C38H60N8O6S2. The van der Waals surface area contributed by atoms with Gasteiger partial charge in [-0.25, -0.2) is 22.0 Å². The molecule has 2 aromatic heterocycles. The van der Waals surface area contributed by atoms with Crippen LogP contribution in [0.25, 0.3) is 0 Å². The van der Waals surface area contributed by atoms with Gasteiger partial charge < -0.3 is 19.3 Å². The Kier molecular flexibility index (Phi) is 15.0. The van der Waals surface area contributed by atoms with Crippen molar-refractivity contribution < 1.29 is 26.3 Å². The quantitative estimate of drug-likeness (QED) is 0.173. The second-order valence-electron chi connectivity index (χ2n) is 16.4. The maximum absolute atomic E-state index is 14.0. The van der Waals surface area contributed by atoms with E-state index in [0.29, 0.717) is 26.2 Å². The first-order valence-corrected chi connectivity index (χ1v) is 20.6. The highest BCUT2D eigenvalue weighted by Gasteiger charge is 2.30. The van der Waals surface area contributed by atoms with Gasteiger partial charge in [0.2, 0.25) is 0 Å².